The molecular weight excluding hydrogens is 310 g/mol. The fraction of sp³-hybridized carbons (Fsp3) is 0.357. The molecular formula is C14H16ClN3O2S. The van der Waals surface area contributed by atoms with Gasteiger partial charge in [0.25, 0.3) is 0 Å². The van der Waals surface area contributed by atoms with Crippen LogP contribution in [0.5, 0.6) is 0 Å². The van der Waals surface area contributed by atoms with Crippen LogP contribution in [0.3, 0.4) is 0 Å². The molecule has 0 saturated carbocycles. The third-order valence-electron chi connectivity index (χ3n) is 3.74. The molecule has 112 valence electrons. The second kappa shape index (κ2) is 5.21. The second-order valence-electron chi connectivity index (χ2n) is 5.34. The van der Waals surface area contributed by atoms with Crippen molar-refractivity contribution >= 4 is 32.5 Å². The Morgan fingerprint density at radius 2 is 2.19 bits per heavy atom. The summed E-state index contributed by atoms with van der Waals surface area (Å²) in [5.41, 5.74) is 7.05. The normalized spacial score (nSPS) is 20.2. The highest BCUT2D eigenvalue weighted by molar-refractivity contribution is 7.89. The van der Waals surface area contributed by atoms with Crippen molar-refractivity contribution in [3.8, 4) is 0 Å². The Balaban J connectivity index is 2.18. The van der Waals surface area contributed by atoms with Crippen LogP contribution in [0.4, 0.5) is 0 Å². The molecule has 0 bridgehead atoms. The maximum atomic E-state index is 12.8. The molecule has 1 atom stereocenters. The van der Waals surface area contributed by atoms with Crippen molar-refractivity contribution < 1.29 is 8.42 Å². The zero-order valence-electron chi connectivity index (χ0n) is 11.6. The SMILES string of the molecule is Cc1cc2cccc(S(=O)(=O)N3CC[C@@H](N)C3)c2nc1Cl. The number of halogens is 1. The summed E-state index contributed by atoms with van der Waals surface area (Å²) in [6, 6.07) is 6.87. The van der Waals surface area contributed by atoms with Gasteiger partial charge in [-0.25, -0.2) is 13.4 Å². The van der Waals surface area contributed by atoms with Gasteiger partial charge in [-0.2, -0.15) is 4.31 Å². The number of para-hydroxylation sites is 1. The Labute approximate surface area is 128 Å². The van der Waals surface area contributed by atoms with Crippen molar-refractivity contribution in [2.45, 2.75) is 24.3 Å². The average molecular weight is 326 g/mol. The van der Waals surface area contributed by atoms with Crippen LogP contribution in [-0.2, 0) is 10.0 Å². The molecule has 2 aromatic rings. The number of aromatic nitrogens is 1. The molecule has 0 spiro atoms. The van der Waals surface area contributed by atoms with E-state index < -0.39 is 10.0 Å². The summed E-state index contributed by atoms with van der Waals surface area (Å²) in [5, 5.41) is 1.09. The van der Waals surface area contributed by atoms with E-state index in [1.54, 1.807) is 12.1 Å². The summed E-state index contributed by atoms with van der Waals surface area (Å²) in [6.45, 7) is 2.63. The second-order valence-corrected chi connectivity index (χ2v) is 7.60. The largest absolute Gasteiger partial charge is 0.326 e. The first-order valence-corrected chi connectivity index (χ1v) is 8.53. The van der Waals surface area contributed by atoms with Gasteiger partial charge in [-0.15, -0.1) is 0 Å². The molecule has 1 aromatic heterocycles. The fourth-order valence-corrected chi connectivity index (χ4v) is 4.38. The van der Waals surface area contributed by atoms with Gasteiger partial charge in [-0.1, -0.05) is 23.7 Å². The average Bonchev–Trinajstić information content (AvgIpc) is 2.87. The van der Waals surface area contributed by atoms with Crippen LogP contribution in [0, 0.1) is 6.92 Å². The molecule has 2 N–H and O–H groups in total. The summed E-state index contributed by atoms with van der Waals surface area (Å²) in [4.78, 5) is 4.45. The van der Waals surface area contributed by atoms with E-state index in [1.165, 1.54) is 4.31 Å². The molecule has 7 heteroatoms. The monoisotopic (exact) mass is 325 g/mol. The summed E-state index contributed by atoms with van der Waals surface area (Å²) in [6.07, 6.45) is 0.678. The smallest absolute Gasteiger partial charge is 0.245 e. The number of sulfonamides is 1. The Hall–Kier alpha value is -1.21. The van der Waals surface area contributed by atoms with Gasteiger partial charge >= 0.3 is 0 Å². The minimum atomic E-state index is -3.60. The van der Waals surface area contributed by atoms with Gasteiger partial charge in [0.2, 0.25) is 10.0 Å². The van der Waals surface area contributed by atoms with Gasteiger partial charge in [0.1, 0.15) is 10.0 Å². The Kier molecular flexibility index (Phi) is 3.65. The molecule has 1 aliphatic heterocycles. The Bertz CT molecular complexity index is 807. The molecule has 0 amide bonds. The van der Waals surface area contributed by atoms with Crippen LogP contribution < -0.4 is 5.73 Å². The highest BCUT2D eigenvalue weighted by Crippen LogP contribution is 2.28. The minimum absolute atomic E-state index is 0.103. The molecule has 0 aliphatic carbocycles. The zero-order valence-corrected chi connectivity index (χ0v) is 13.2. The number of hydrogen-bond acceptors (Lipinski definition) is 4. The minimum Gasteiger partial charge on any atom is -0.326 e. The van der Waals surface area contributed by atoms with E-state index in [1.807, 2.05) is 19.1 Å². The van der Waals surface area contributed by atoms with E-state index in [9.17, 15) is 8.42 Å². The van der Waals surface area contributed by atoms with Crippen LogP contribution >= 0.6 is 11.6 Å². The molecule has 2 heterocycles. The molecule has 1 aromatic carbocycles. The van der Waals surface area contributed by atoms with Crippen molar-refractivity contribution in [1.29, 1.82) is 0 Å². The number of nitrogens with zero attached hydrogens (tertiary/aromatic N) is 2. The molecule has 5 nitrogen and oxygen atoms in total. The van der Waals surface area contributed by atoms with E-state index in [4.69, 9.17) is 17.3 Å². The van der Waals surface area contributed by atoms with E-state index in [-0.39, 0.29) is 10.9 Å². The fourth-order valence-electron chi connectivity index (χ4n) is 2.57. The molecule has 0 unspecified atom stereocenters. The van der Waals surface area contributed by atoms with E-state index in [0.29, 0.717) is 30.2 Å². The molecule has 21 heavy (non-hydrogen) atoms. The predicted molar refractivity (Wildman–Crippen MR) is 82.8 cm³/mol. The molecule has 1 fully saturated rings. The maximum absolute atomic E-state index is 12.8. The van der Waals surface area contributed by atoms with Crippen LogP contribution in [0.2, 0.25) is 5.15 Å². The number of pyridine rings is 1. The highest BCUT2D eigenvalue weighted by atomic mass is 35.5. The van der Waals surface area contributed by atoms with Gasteiger partial charge in [0.15, 0.2) is 0 Å². The topological polar surface area (TPSA) is 76.3 Å². The standard InChI is InChI=1S/C14H16ClN3O2S/c1-9-7-10-3-2-4-12(13(10)17-14(9)15)21(19,20)18-6-5-11(16)8-18/h2-4,7,11H,5-6,8,16H2,1H3/t11-/m1/s1. The number of nitrogens with two attached hydrogens (primary N) is 1. The number of fused-ring (bicyclic) bond motifs is 1. The number of rotatable bonds is 2. The Morgan fingerprint density at radius 3 is 2.86 bits per heavy atom. The van der Waals surface area contributed by atoms with Crippen LogP contribution in [0.15, 0.2) is 29.2 Å². The van der Waals surface area contributed by atoms with Crippen molar-refractivity contribution in [1.82, 2.24) is 9.29 Å². The highest BCUT2D eigenvalue weighted by Gasteiger charge is 2.32. The molecule has 1 aliphatic rings. The van der Waals surface area contributed by atoms with Gasteiger partial charge in [0, 0.05) is 24.5 Å². The van der Waals surface area contributed by atoms with Crippen LogP contribution in [0.25, 0.3) is 10.9 Å². The summed E-state index contributed by atoms with van der Waals surface area (Å²) in [7, 11) is -3.60. The third-order valence-corrected chi connectivity index (χ3v) is 6.02. The Morgan fingerprint density at radius 1 is 1.43 bits per heavy atom. The van der Waals surface area contributed by atoms with Gasteiger partial charge in [-0.3, -0.25) is 0 Å². The van der Waals surface area contributed by atoms with Crippen molar-refractivity contribution in [2.24, 2.45) is 5.73 Å². The van der Waals surface area contributed by atoms with Crippen LogP contribution in [0.1, 0.15) is 12.0 Å². The molecule has 3 rings (SSSR count). The van der Waals surface area contributed by atoms with E-state index >= 15 is 0 Å². The third kappa shape index (κ3) is 2.53. The maximum Gasteiger partial charge on any atom is 0.245 e. The summed E-state index contributed by atoms with van der Waals surface area (Å²) < 4.78 is 27.0. The molecule has 0 radical (unpaired) electrons. The predicted octanol–water partition coefficient (Wildman–Crippen LogP) is 1.92. The van der Waals surface area contributed by atoms with E-state index in [0.717, 1.165) is 10.9 Å². The van der Waals surface area contributed by atoms with E-state index in [2.05, 4.69) is 4.98 Å². The first-order chi connectivity index (χ1) is 9.89. The van der Waals surface area contributed by atoms with Gasteiger partial charge in [-0.05, 0) is 31.0 Å². The molecule has 1 saturated heterocycles. The number of benzene rings is 1. The van der Waals surface area contributed by atoms with Crippen molar-refractivity contribution in [2.75, 3.05) is 13.1 Å². The van der Waals surface area contributed by atoms with Crippen molar-refractivity contribution in [3.05, 3.63) is 35.0 Å². The van der Waals surface area contributed by atoms with Crippen LogP contribution in [-0.4, -0.2) is 36.8 Å². The lowest BCUT2D eigenvalue weighted by atomic mass is 10.2. The van der Waals surface area contributed by atoms with Gasteiger partial charge < -0.3 is 5.73 Å². The zero-order chi connectivity index (χ0) is 15.2. The summed E-state index contributed by atoms with van der Waals surface area (Å²) in [5.74, 6) is 0. The number of aryl methyl sites for hydroxylation is 1. The first-order valence-electron chi connectivity index (χ1n) is 6.71. The number of hydrogen-bond donors (Lipinski definition) is 1. The summed E-state index contributed by atoms with van der Waals surface area (Å²) >= 11 is 6.05. The van der Waals surface area contributed by atoms with Gasteiger partial charge in [0.05, 0.1) is 5.52 Å². The lowest BCUT2D eigenvalue weighted by Gasteiger charge is -2.17. The lowest BCUT2D eigenvalue weighted by Crippen LogP contribution is -2.32. The lowest BCUT2D eigenvalue weighted by molar-refractivity contribution is 0.473. The quantitative estimate of drug-likeness (QED) is 0.856. The first kappa shape index (κ1) is 14.7. The van der Waals surface area contributed by atoms with Crippen molar-refractivity contribution in [3.63, 3.8) is 0 Å².